The summed E-state index contributed by atoms with van der Waals surface area (Å²) in [4.78, 5) is 20.9. The Morgan fingerprint density at radius 1 is 1.04 bits per heavy atom. The normalized spacial score (nSPS) is 15.3. The summed E-state index contributed by atoms with van der Waals surface area (Å²) < 4.78 is 0. The molecule has 3 rings (SSSR count). The molecule has 0 unspecified atom stereocenters. The first-order chi connectivity index (χ1) is 11.3. The Morgan fingerprint density at radius 2 is 1.74 bits per heavy atom. The number of hydrogen-bond acceptors (Lipinski definition) is 3. The number of nitrogens with one attached hydrogen (secondary N) is 1. The van der Waals surface area contributed by atoms with E-state index in [0.717, 1.165) is 36.2 Å². The summed E-state index contributed by atoms with van der Waals surface area (Å²) in [5.41, 5.74) is 2.07. The van der Waals surface area contributed by atoms with Gasteiger partial charge < -0.3 is 5.32 Å². The van der Waals surface area contributed by atoms with Crippen molar-refractivity contribution in [2.75, 3.05) is 6.54 Å². The molecule has 1 aromatic carbocycles. The van der Waals surface area contributed by atoms with Gasteiger partial charge in [0.05, 0.1) is 0 Å². The second kappa shape index (κ2) is 7.86. The number of carbonyl (C=O) groups is 1. The summed E-state index contributed by atoms with van der Waals surface area (Å²) in [6.07, 6.45) is 10.2. The number of rotatable bonds is 5. The Labute approximate surface area is 137 Å². The van der Waals surface area contributed by atoms with E-state index in [1.54, 1.807) is 0 Å². The third-order valence-corrected chi connectivity index (χ3v) is 4.43. The van der Waals surface area contributed by atoms with Gasteiger partial charge in [-0.05, 0) is 24.8 Å². The van der Waals surface area contributed by atoms with Crippen LogP contribution in [-0.2, 0) is 11.2 Å². The molecule has 1 aromatic heterocycles. The van der Waals surface area contributed by atoms with Crippen molar-refractivity contribution < 1.29 is 4.79 Å². The summed E-state index contributed by atoms with van der Waals surface area (Å²) in [6.45, 7) is 0.656. The lowest BCUT2D eigenvalue weighted by molar-refractivity contribution is -0.125. The Balaban J connectivity index is 1.48. The molecule has 1 saturated carbocycles. The fourth-order valence-electron chi connectivity index (χ4n) is 3.06. The minimum absolute atomic E-state index is 0.214. The van der Waals surface area contributed by atoms with E-state index in [1.165, 1.54) is 19.3 Å². The molecule has 1 aliphatic rings. The highest BCUT2D eigenvalue weighted by molar-refractivity contribution is 5.78. The van der Waals surface area contributed by atoms with Crippen LogP contribution in [0.2, 0.25) is 0 Å². The number of nitrogens with zero attached hydrogens (tertiary/aromatic N) is 2. The predicted octanol–water partition coefficient (Wildman–Crippen LogP) is 3.38. The molecule has 23 heavy (non-hydrogen) atoms. The van der Waals surface area contributed by atoms with Crippen LogP contribution in [0.4, 0.5) is 0 Å². The van der Waals surface area contributed by atoms with Gasteiger partial charge in [-0.15, -0.1) is 0 Å². The van der Waals surface area contributed by atoms with Gasteiger partial charge >= 0.3 is 0 Å². The van der Waals surface area contributed by atoms with Gasteiger partial charge in [-0.1, -0.05) is 49.6 Å². The number of amides is 1. The van der Waals surface area contributed by atoms with Crippen LogP contribution in [-0.4, -0.2) is 22.4 Å². The minimum Gasteiger partial charge on any atom is -0.356 e. The van der Waals surface area contributed by atoms with Crippen LogP contribution in [0.15, 0.2) is 42.7 Å². The fourth-order valence-corrected chi connectivity index (χ4v) is 3.06. The van der Waals surface area contributed by atoms with Gasteiger partial charge in [0.25, 0.3) is 0 Å². The SMILES string of the molecule is O=C(NCCc1cnc(-c2ccccc2)nc1)C1CCCCC1. The number of hydrogen-bond donors (Lipinski definition) is 1. The molecule has 0 spiro atoms. The van der Waals surface area contributed by atoms with E-state index >= 15 is 0 Å². The lowest BCUT2D eigenvalue weighted by atomic mass is 9.88. The molecule has 1 fully saturated rings. The first kappa shape index (κ1) is 15.7. The quantitative estimate of drug-likeness (QED) is 0.921. The molecule has 0 saturated heterocycles. The highest BCUT2D eigenvalue weighted by Gasteiger charge is 2.20. The second-order valence-electron chi connectivity index (χ2n) is 6.16. The monoisotopic (exact) mass is 309 g/mol. The molecule has 1 amide bonds. The van der Waals surface area contributed by atoms with Crippen molar-refractivity contribution in [1.29, 1.82) is 0 Å². The van der Waals surface area contributed by atoms with Crippen LogP contribution >= 0.6 is 0 Å². The predicted molar refractivity (Wildman–Crippen MR) is 90.8 cm³/mol. The van der Waals surface area contributed by atoms with Crippen molar-refractivity contribution in [2.45, 2.75) is 38.5 Å². The number of benzene rings is 1. The first-order valence-corrected chi connectivity index (χ1v) is 8.47. The number of aromatic nitrogens is 2. The maximum absolute atomic E-state index is 12.1. The zero-order valence-corrected chi connectivity index (χ0v) is 13.4. The highest BCUT2D eigenvalue weighted by Crippen LogP contribution is 2.23. The van der Waals surface area contributed by atoms with Crippen LogP contribution in [0.25, 0.3) is 11.4 Å². The standard InChI is InChI=1S/C19H23N3O/c23-19(17-9-5-2-6-10-17)20-12-11-15-13-21-18(22-14-15)16-7-3-1-4-8-16/h1,3-4,7-8,13-14,17H,2,5-6,9-12H2,(H,20,23). The van der Waals surface area contributed by atoms with Crippen molar-refractivity contribution in [2.24, 2.45) is 5.92 Å². The van der Waals surface area contributed by atoms with Crippen molar-refractivity contribution in [1.82, 2.24) is 15.3 Å². The average molecular weight is 309 g/mol. The molecule has 0 bridgehead atoms. The topological polar surface area (TPSA) is 54.9 Å². The molecule has 0 aliphatic heterocycles. The highest BCUT2D eigenvalue weighted by atomic mass is 16.1. The van der Waals surface area contributed by atoms with Crippen molar-refractivity contribution in [3.8, 4) is 11.4 Å². The summed E-state index contributed by atoms with van der Waals surface area (Å²) in [6, 6.07) is 9.94. The third kappa shape index (κ3) is 4.38. The summed E-state index contributed by atoms with van der Waals surface area (Å²) in [7, 11) is 0. The molecule has 1 heterocycles. The van der Waals surface area contributed by atoms with E-state index in [1.807, 2.05) is 42.7 Å². The maximum Gasteiger partial charge on any atom is 0.223 e. The molecular formula is C19H23N3O. The van der Waals surface area contributed by atoms with Crippen LogP contribution < -0.4 is 5.32 Å². The summed E-state index contributed by atoms with van der Waals surface area (Å²) in [5.74, 6) is 1.17. The number of carbonyl (C=O) groups excluding carboxylic acids is 1. The van der Waals surface area contributed by atoms with E-state index in [2.05, 4.69) is 15.3 Å². The van der Waals surface area contributed by atoms with Crippen molar-refractivity contribution in [3.63, 3.8) is 0 Å². The molecular weight excluding hydrogens is 286 g/mol. The third-order valence-electron chi connectivity index (χ3n) is 4.43. The van der Waals surface area contributed by atoms with Gasteiger partial charge in [-0.3, -0.25) is 4.79 Å². The Morgan fingerprint density at radius 3 is 2.43 bits per heavy atom. The van der Waals surface area contributed by atoms with Gasteiger partial charge in [0.1, 0.15) is 0 Å². The molecule has 1 N–H and O–H groups in total. The van der Waals surface area contributed by atoms with Gasteiger partial charge in [-0.2, -0.15) is 0 Å². The zero-order valence-electron chi connectivity index (χ0n) is 13.4. The lowest BCUT2D eigenvalue weighted by Crippen LogP contribution is -2.33. The van der Waals surface area contributed by atoms with Gasteiger partial charge in [0.2, 0.25) is 5.91 Å². The van der Waals surface area contributed by atoms with E-state index in [4.69, 9.17) is 0 Å². The molecule has 2 aromatic rings. The van der Waals surface area contributed by atoms with Crippen LogP contribution in [0.1, 0.15) is 37.7 Å². The summed E-state index contributed by atoms with van der Waals surface area (Å²) in [5, 5.41) is 3.05. The van der Waals surface area contributed by atoms with E-state index in [0.29, 0.717) is 6.54 Å². The van der Waals surface area contributed by atoms with E-state index < -0.39 is 0 Å². The average Bonchev–Trinajstić information content (AvgIpc) is 2.64. The minimum atomic E-state index is 0.214. The Bertz CT molecular complexity index is 619. The summed E-state index contributed by atoms with van der Waals surface area (Å²) >= 11 is 0. The van der Waals surface area contributed by atoms with Gasteiger partial charge in [-0.25, -0.2) is 9.97 Å². The fraction of sp³-hybridized carbons (Fsp3) is 0.421. The van der Waals surface area contributed by atoms with Gasteiger partial charge in [0.15, 0.2) is 5.82 Å². The second-order valence-corrected chi connectivity index (χ2v) is 6.16. The first-order valence-electron chi connectivity index (χ1n) is 8.47. The largest absolute Gasteiger partial charge is 0.356 e. The molecule has 4 nitrogen and oxygen atoms in total. The molecule has 0 radical (unpaired) electrons. The Kier molecular flexibility index (Phi) is 5.35. The molecule has 4 heteroatoms. The van der Waals surface area contributed by atoms with Crippen LogP contribution in [0.3, 0.4) is 0 Å². The molecule has 1 aliphatic carbocycles. The van der Waals surface area contributed by atoms with Crippen molar-refractivity contribution >= 4 is 5.91 Å². The zero-order chi connectivity index (χ0) is 15.9. The van der Waals surface area contributed by atoms with Crippen LogP contribution in [0.5, 0.6) is 0 Å². The van der Waals surface area contributed by atoms with Gasteiger partial charge in [0, 0.05) is 30.4 Å². The van der Waals surface area contributed by atoms with Crippen molar-refractivity contribution in [3.05, 3.63) is 48.3 Å². The maximum atomic E-state index is 12.1. The molecule has 0 atom stereocenters. The molecule has 120 valence electrons. The van der Waals surface area contributed by atoms with E-state index in [9.17, 15) is 4.79 Å². The van der Waals surface area contributed by atoms with E-state index in [-0.39, 0.29) is 11.8 Å². The Hall–Kier alpha value is -2.23. The lowest BCUT2D eigenvalue weighted by Gasteiger charge is -2.20. The smallest absolute Gasteiger partial charge is 0.223 e. The van der Waals surface area contributed by atoms with Crippen LogP contribution in [0, 0.1) is 5.92 Å².